The molecular formula is C5H4O2. The van der Waals surface area contributed by atoms with Crippen LogP contribution in [0.2, 0.25) is 0 Å². The van der Waals surface area contributed by atoms with Crippen molar-refractivity contribution in [1.82, 2.24) is 0 Å². The van der Waals surface area contributed by atoms with E-state index in [4.69, 9.17) is 5.48 Å². The molecule has 0 aromatic carbocycles. The van der Waals surface area contributed by atoms with E-state index >= 15 is 0 Å². The van der Waals surface area contributed by atoms with Gasteiger partial charge in [-0.1, -0.05) is 0 Å². The van der Waals surface area contributed by atoms with Gasteiger partial charge in [-0.05, 0) is 12.1 Å². The normalized spacial score (nSPS) is 16.6. The molecule has 0 fully saturated rings. The van der Waals surface area contributed by atoms with Crippen LogP contribution in [0, 0.1) is 0 Å². The molecule has 0 aliphatic carbocycles. The number of hydrogen-bond donors (Lipinski definition) is 0. The van der Waals surface area contributed by atoms with Gasteiger partial charge in [0, 0.05) is 0 Å². The van der Waals surface area contributed by atoms with Crippen molar-refractivity contribution in [3.8, 4) is 0 Å². The fourth-order valence-electron chi connectivity index (χ4n) is 0.231. The summed E-state index contributed by atoms with van der Waals surface area (Å²) in [5.74, 6) is -0.542. The van der Waals surface area contributed by atoms with Crippen molar-refractivity contribution in [3.05, 3.63) is 24.1 Å². The molecule has 1 aromatic heterocycles. The van der Waals surface area contributed by atoms with Crippen LogP contribution in [0.15, 0.2) is 22.7 Å². The summed E-state index contributed by atoms with van der Waals surface area (Å²) in [4.78, 5) is 10.3. The first-order chi connectivity index (χ1) is 5.04. The number of furan rings is 1. The van der Waals surface area contributed by atoms with Gasteiger partial charge >= 0.3 is 0 Å². The van der Waals surface area contributed by atoms with Gasteiger partial charge in [-0.15, -0.1) is 0 Å². The van der Waals surface area contributed by atoms with Crippen molar-refractivity contribution in [2.75, 3.05) is 0 Å². The van der Waals surface area contributed by atoms with Crippen molar-refractivity contribution < 1.29 is 14.7 Å². The fourth-order valence-corrected chi connectivity index (χ4v) is 0.231. The van der Waals surface area contributed by atoms with Gasteiger partial charge in [0.1, 0.15) is 2.74 Å². The number of rotatable bonds is 1. The third-order valence-corrected chi connectivity index (χ3v) is 0.473. The van der Waals surface area contributed by atoms with Gasteiger partial charge in [0.15, 0.2) is 12.0 Å². The Bertz CT molecular complexity index is 304. The van der Waals surface area contributed by atoms with Crippen LogP contribution < -0.4 is 0 Å². The topological polar surface area (TPSA) is 30.2 Å². The van der Waals surface area contributed by atoms with E-state index in [0.717, 1.165) is 0 Å². The second kappa shape index (κ2) is 1.60. The molecule has 0 N–H and O–H groups in total. The minimum atomic E-state index is -1.18. The summed E-state index contributed by atoms with van der Waals surface area (Å²) < 4.78 is 31.7. The summed E-state index contributed by atoms with van der Waals surface area (Å²) in [5.41, 5.74) is 0. The van der Waals surface area contributed by atoms with Gasteiger partial charge in [-0.2, -0.15) is 0 Å². The van der Waals surface area contributed by atoms with Crippen molar-refractivity contribution >= 4 is 6.26 Å². The van der Waals surface area contributed by atoms with E-state index < -0.39 is 30.3 Å². The van der Waals surface area contributed by atoms with Gasteiger partial charge < -0.3 is 4.42 Å². The zero-order chi connectivity index (χ0) is 8.59. The van der Waals surface area contributed by atoms with Crippen LogP contribution in [0.4, 0.5) is 0 Å². The van der Waals surface area contributed by atoms with Crippen LogP contribution >= 0.6 is 0 Å². The van der Waals surface area contributed by atoms with Crippen molar-refractivity contribution in [2.24, 2.45) is 0 Å². The van der Waals surface area contributed by atoms with Gasteiger partial charge in [0.2, 0.25) is 0 Å². The van der Waals surface area contributed by atoms with E-state index in [1.807, 2.05) is 0 Å². The maximum atomic E-state index is 10.3. The average Bonchev–Trinajstić information content (AvgIpc) is 2.17. The lowest BCUT2D eigenvalue weighted by Crippen LogP contribution is -1.65. The zero-order valence-corrected chi connectivity index (χ0v) is 3.32. The summed E-state index contributed by atoms with van der Waals surface area (Å²) in [6, 6.07) is -0.949. The highest BCUT2D eigenvalue weighted by atomic mass is 16.3. The van der Waals surface area contributed by atoms with Gasteiger partial charge in [-0.3, -0.25) is 4.79 Å². The number of carbonyl (C=O) groups is 1. The predicted octanol–water partition coefficient (Wildman–Crippen LogP) is 1.09. The average molecular weight is 100 g/mol. The third kappa shape index (κ3) is 0.682. The molecule has 2 nitrogen and oxygen atoms in total. The van der Waals surface area contributed by atoms with Crippen LogP contribution in [-0.2, 0) is 0 Å². The summed E-state index contributed by atoms with van der Waals surface area (Å²) in [6.45, 7) is 0. The molecule has 1 aromatic rings. The summed E-state index contributed by atoms with van der Waals surface area (Å²) >= 11 is 0. The Balaban J connectivity index is 3.29. The molecule has 0 saturated heterocycles. The van der Waals surface area contributed by atoms with E-state index in [1.54, 1.807) is 0 Å². The molecule has 0 saturated carbocycles. The number of aldehydes is 1. The summed E-state index contributed by atoms with van der Waals surface area (Å²) in [7, 11) is 0. The maximum absolute atomic E-state index is 10.3. The molecule has 1 heterocycles. The second-order valence-electron chi connectivity index (χ2n) is 0.885. The van der Waals surface area contributed by atoms with E-state index in [1.165, 1.54) is 0 Å². The smallest absolute Gasteiger partial charge is 0.185 e. The Labute approximate surface area is 46.4 Å². The molecule has 0 aliphatic heterocycles. The Morgan fingerprint density at radius 1 is 2.14 bits per heavy atom. The molecule has 0 atom stereocenters. The third-order valence-electron chi connectivity index (χ3n) is 0.473. The molecule has 0 bridgehead atoms. The molecule has 0 amide bonds. The summed E-state index contributed by atoms with van der Waals surface area (Å²) in [5, 5.41) is 0. The van der Waals surface area contributed by atoms with Crippen molar-refractivity contribution in [3.63, 3.8) is 0 Å². The van der Waals surface area contributed by atoms with Crippen LogP contribution in [0.3, 0.4) is 0 Å². The molecule has 2 heteroatoms. The molecule has 0 radical (unpaired) electrons. The lowest BCUT2D eigenvalue weighted by Gasteiger charge is -1.68. The molecule has 36 valence electrons. The highest BCUT2D eigenvalue weighted by Crippen LogP contribution is 1.92. The highest BCUT2D eigenvalue weighted by molar-refractivity contribution is 5.69. The second-order valence-corrected chi connectivity index (χ2v) is 0.885. The van der Waals surface area contributed by atoms with Crippen molar-refractivity contribution in [1.29, 1.82) is 0 Å². The molecule has 0 aliphatic rings. The molecular weight excluding hydrogens is 92.1 g/mol. The van der Waals surface area contributed by atoms with E-state index in [2.05, 4.69) is 4.42 Å². The first kappa shape index (κ1) is 1.47. The first-order valence-corrected chi connectivity index (χ1v) is 1.61. The quantitative estimate of drug-likeness (QED) is 0.494. The van der Waals surface area contributed by atoms with Crippen LogP contribution in [0.5, 0.6) is 0 Å². The predicted molar refractivity (Wildman–Crippen MR) is 24.1 cm³/mol. The monoisotopic (exact) mass is 100 g/mol. The zero-order valence-electron chi connectivity index (χ0n) is 7.32. The van der Waals surface area contributed by atoms with Gasteiger partial charge in [0.05, 0.1) is 8.98 Å². The minimum Gasteiger partial charge on any atom is -0.462 e. The Hall–Kier alpha value is -1.05. The Morgan fingerprint density at radius 2 is 3.00 bits per heavy atom. The van der Waals surface area contributed by atoms with E-state index in [9.17, 15) is 4.79 Å². The lowest BCUT2D eigenvalue weighted by atomic mass is 10.5. The SMILES string of the molecule is [2H]C(=O)c1oc([2H])c([2H])c1[2H]. The maximum Gasteiger partial charge on any atom is 0.185 e. The molecule has 0 unspecified atom stereocenters. The van der Waals surface area contributed by atoms with Crippen LogP contribution in [-0.4, -0.2) is 6.26 Å². The lowest BCUT2D eigenvalue weighted by molar-refractivity contribution is 0.110. The van der Waals surface area contributed by atoms with Gasteiger partial charge in [0.25, 0.3) is 0 Å². The largest absolute Gasteiger partial charge is 0.462 e. The van der Waals surface area contributed by atoms with Crippen LogP contribution in [0.25, 0.3) is 0 Å². The van der Waals surface area contributed by atoms with Crippen molar-refractivity contribution in [2.45, 2.75) is 0 Å². The summed E-state index contributed by atoms with van der Waals surface area (Å²) in [6.07, 6.45) is -1.73. The van der Waals surface area contributed by atoms with Crippen LogP contribution in [0.1, 0.15) is 16.0 Å². The Morgan fingerprint density at radius 3 is 3.29 bits per heavy atom. The van der Waals surface area contributed by atoms with E-state index in [0.29, 0.717) is 0 Å². The van der Waals surface area contributed by atoms with E-state index in [-0.39, 0.29) is 0 Å². The highest BCUT2D eigenvalue weighted by Gasteiger charge is 1.84. The minimum absolute atomic E-state index is 0.458. The fraction of sp³-hybridized carbons (Fsp3) is 0. The molecule has 7 heavy (non-hydrogen) atoms. The first-order valence-electron chi connectivity index (χ1n) is 3.61. The molecule has 1 rings (SSSR count). The standard InChI is InChI=1S/C5H4O2/c6-4-5-2-1-3-7-5/h1-4H/i1D,2D,3D,4D. The Kier molecular flexibility index (Phi) is 0.336. The van der Waals surface area contributed by atoms with Gasteiger partial charge in [-0.25, -0.2) is 0 Å². The number of carbonyl (C=O) groups excluding carboxylic acids is 1. The molecule has 0 spiro atoms. The number of hydrogen-bond acceptors (Lipinski definition) is 2.